The van der Waals surface area contributed by atoms with E-state index in [1.807, 2.05) is 5.43 Å². The van der Waals surface area contributed by atoms with Crippen molar-refractivity contribution in [2.45, 2.75) is 4.90 Å². The largest absolute Gasteiger partial charge is 0.378 e. The third kappa shape index (κ3) is 4.80. The fourth-order valence-electron chi connectivity index (χ4n) is 1.62. The Balaban J connectivity index is 2.33. The lowest BCUT2D eigenvalue weighted by molar-refractivity contribution is 0.249. The molecule has 0 radical (unpaired) electrons. The number of hydrazone groups is 1. The third-order valence-corrected chi connectivity index (χ3v) is 4.32. The summed E-state index contributed by atoms with van der Waals surface area (Å²) >= 11 is 3.26. The van der Waals surface area contributed by atoms with E-state index in [4.69, 9.17) is 9.92 Å². The summed E-state index contributed by atoms with van der Waals surface area (Å²) in [6.45, 7) is 0. The number of carbonyl (C=O) groups is 1. The first-order valence-electron chi connectivity index (χ1n) is 6.26. The number of carbonyl (C=O) groups excluding carboxylic acids is 1. The van der Waals surface area contributed by atoms with Crippen LogP contribution >= 0.6 is 15.9 Å². The molecular weight excluding hydrogens is 386 g/mol. The molecule has 0 aliphatic rings. The van der Waals surface area contributed by atoms with Gasteiger partial charge in [0.15, 0.2) is 5.75 Å². The number of nitrogens with two attached hydrogens (primary N) is 1. The zero-order valence-electron chi connectivity index (χ0n) is 11.6. The number of rotatable bonds is 5. The van der Waals surface area contributed by atoms with Crippen LogP contribution in [0.5, 0.6) is 5.75 Å². The highest BCUT2D eigenvalue weighted by molar-refractivity contribution is 9.10. The summed E-state index contributed by atoms with van der Waals surface area (Å²) in [4.78, 5) is 10.6. The molecular formula is C14H12BrN3O4S. The molecule has 0 aromatic heterocycles. The minimum absolute atomic E-state index is 0.0288. The Hall–Kier alpha value is -2.39. The topological polar surface area (TPSA) is 111 Å². The molecule has 23 heavy (non-hydrogen) atoms. The Morgan fingerprint density at radius 2 is 1.91 bits per heavy atom. The van der Waals surface area contributed by atoms with Gasteiger partial charge in [-0.25, -0.2) is 10.2 Å². The molecule has 0 bridgehead atoms. The van der Waals surface area contributed by atoms with Crippen molar-refractivity contribution in [2.75, 3.05) is 0 Å². The van der Waals surface area contributed by atoms with Crippen molar-refractivity contribution < 1.29 is 17.4 Å². The molecule has 7 nitrogen and oxygen atoms in total. The van der Waals surface area contributed by atoms with Gasteiger partial charge in [0.25, 0.3) is 0 Å². The van der Waals surface area contributed by atoms with E-state index in [1.165, 1.54) is 24.4 Å². The number of primary amides is 1. The second kappa shape index (κ2) is 7.25. The molecule has 2 rings (SSSR count). The fraction of sp³-hybridized carbons (Fsp3) is 0. The van der Waals surface area contributed by atoms with E-state index < -0.39 is 16.1 Å². The van der Waals surface area contributed by atoms with Crippen LogP contribution < -0.4 is 15.3 Å². The molecule has 0 heterocycles. The van der Waals surface area contributed by atoms with Gasteiger partial charge in [-0.05, 0) is 30.3 Å². The SMILES string of the molecule is NC(=O)N/N=C\c1cc(Br)ccc1OS(=O)(=O)c1ccccc1. The van der Waals surface area contributed by atoms with Gasteiger partial charge in [0.05, 0.1) is 6.21 Å². The molecule has 2 aromatic rings. The first kappa shape index (κ1) is 17.0. The summed E-state index contributed by atoms with van der Waals surface area (Å²) in [5.41, 5.74) is 7.27. The molecule has 2 amide bonds. The number of nitrogens with one attached hydrogen (secondary N) is 1. The molecule has 0 aliphatic heterocycles. The van der Waals surface area contributed by atoms with Crippen LogP contribution in [-0.2, 0) is 10.1 Å². The van der Waals surface area contributed by atoms with Gasteiger partial charge in [-0.2, -0.15) is 13.5 Å². The third-order valence-electron chi connectivity index (χ3n) is 2.58. The molecule has 0 aliphatic carbocycles. The van der Waals surface area contributed by atoms with E-state index in [0.29, 0.717) is 10.0 Å². The predicted octanol–water partition coefficient (Wildman–Crippen LogP) is 2.22. The minimum Gasteiger partial charge on any atom is -0.378 e. The highest BCUT2D eigenvalue weighted by Gasteiger charge is 2.17. The average Bonchev–Trinajstić information content (AvgIpc) is 2.50. The van der Waals surface area contributed by atoms with Crippen molar-refractivity contribution in [1.29, 1.82) is 0 Å². The van der Waals surface area contributed by atoms with Crippen molar-refractivity contribution in [3.8, 4) is 5.75 Å². The zero-order valence-corrected chi connectivity index (χ0v) is 14.0. The Morgan fingerprint density at radius 3 is 2.57 bits per heavy atom. The molecule has 120 valence electrons. The monoisotopic (exact) mass is 397 g/mol. The lowest BCUT2D eigenvalue weighted by atomic mass is 10.2. The van der Waals surface area contributed by atoms with Crippen molar-refractivity contribution >= 4 is 38.3 Å². The summed E-state index contributed by atoms with van der Waals surface area (Å²) < 4.78 is 30.3. The average molecular weight is 398 g/mol. The molecule has 0 fully saturated rings. The van der Waals surface area contributed by atoms with Gasteiger partial charge < -0.3 is 9.92 Å². The van der Waals surface area contributed by atoms with Crippen LogP contribution in [0.2, 0.25) is 0 Å². The number of nitrogens with zero attached hydrogens (tertiary/aromatic N) is 1. The number of amides is 2. The second-order valence-electron chi connectivity index (χ2n) is 4.27. The van der Waals surface area contributed by atoms with Crippen LogP contribution in [0.1, 0.15) is 5.56 Å². The van der Waals surface area contributed by atoms with Crippen LogP contribution in [0, 0.1) is 0 Å². The molecule has 0 saturated heterocycles. The van der Waals surface area contributed by atoms with E-state index in [9.17, 15) is 13.2 Å². The quantitative estimate of drug-likeness (QED) is 0.457. The number of halogens is 1. The number of urea groups is 1. The standard InChI is InChI=1S/C14H12BrN3O4S/c15-11-6-7-13(10(8-11)9-17-18-14(16)19)22-23(20,21)12-4-2-1-3-5-12/h1-9H,(H3,16,18,19)/b17-9-. The van der Waals surface area contributed by atoms with Crippen LogP contribution in [0.4, 0.5) is 4.79 Å². The maximum Gasteiger partial charge on any atom is 0.339 e. The van der Waals surface area contributed by atoms with Crippen molar-refractivity contribution in [3.63, 3.8) is 0 Å². The Kier molecular flexibility index (Phi) is 5.35. The van der Waals surface area contributed by atoms with Gasteiger partial charge in [0.1, 0.15) is 4.90 Å². The molecule has 9 heteroatoms. The van der Waals surface area contributed by atoms with Gasteiger partial charge in [0.2, 0.25) is 0 Å². The zero-order chi connectivity index (χ0) is 16.9. The van der Waals surface area contributed by atoms with Crippen molar-refractivity contribution in [2.24, 2.45) is 10.8 Å². The number of benzene rings is 2. The number of hydrogen-bond donors (Lipinski definition) is 2. The maximum absolute atomic E-state index is 12.3. The van der Waals surface area contributed by atoms with Crippen LogP contribution in [0.3, 0.4) is 0 Å². The highest BCUT2D eigenvalue weighted by atomic mass is 79.9. The Labute approximate surface area is 141 Å². The van der Waals surface area contributed by atoms with E-state index in [1.54, 1.807) is 30.3 Å². The highest BCUT2D eigenvalue weighted by Crippen LogP contribution is 2.25. The van der Waals surface area contributed by atoms with E-state index >= 15 is 0 Å². The molecule has 2 aromatic carbocycles. The summed E-state index contributed by atoms with van der Waals surface area (Å²) in [6.07, 6.45) is 1.23. The van der Waals surface area contributed by atoms with Crippen molar-refractivity contribution in [3.05, 3.63) is 58.6 Å². The first-order valence-corrected chi connectivity index (χ1v) is 8.46. The summed E-state index contributed by atoms with van der Waals surface area (Å²) in [5, 5.41) is 3.60. The molecule has 0 atom stereocenters. The van der Waals surface area contributed by atoms with Gasteiger partial charge >= 0.3 is 16.1 Å². The van der Waals surface area contributed by atoms with E-state index in [-0.39, 0.29) is 10.6 Å². The van der Waals surface area contributed by atoms with Crippen molar-refractivity contribution in [1.82, 2.24) is 5.43 Å². The van der Waals surface area contributed by atoms with E-state index in [0.717, 1.165) is 0 Å². The summed E-state index contributed by atoms with van der Waals surface area (Å²) in [7, 11) is -3.98. The molecule has 3 N–H and O–H groups in total. The van der Waals surface area contributed by atoms with Crippen LogP contribution in [0.25, 0.3) is 0 Å². The van der Waals surface area contributed by atoms with Gasteiger partial charge in [-0.15, -0.1) is 0 Å². The number of hydrogen-bond acceptors (Lipinski definition) is 5. The normalized spacial score (nSPS) is 11.3. The van der Waals surface area contributed by atoms with E-state index in [2.05, 4.69) is 21.0 Å². The van der Waals surface area contributed by atoms with Gasteiger partial charge in [-0.3, -0.25) is 0 Å². The smallest absolute Gasteiger partial charge is 0.339 e. The lowest BCUT2D eigenvalue weighted by Gasteiger charge is -2.09. The summed E-state index contributed by atoms with van der Waals surface area (Å²) in [6, 6.07) is 11.6. The Morgan fingerprint density at radius 1 is 1.22 bits per heavy atom. The maximum atomic E-state index is 12.3. The fourth-order valence-corrected chi connectivity index (χ4v) is 2.97. The molecule has 0 saturated carbocycles. The molecule has 0 unspecified atom stereocenters. The minimum atomic E-state index is -3.98. The predicted molar refractivity (Wildman–Crippen MR) is 88.7 cm³/mol. The second-order valence-corrected chi connectivity index (χ2v) is 6.73. The molecule has 0 spiro atoms. The van der Waals surface area contributed by atoms with Gasteiger partial charge in [-0.1, -0.05) is 34.1 Å². The summed E-state index contributed by atoms with van der Waals surface area (Å²) in [5.74, 6) is 0.0621. The lowest BCUT2D eigenvalue weighted by Crippen LogP contribution is -2.24. The van der Waals surface area contributed by atoms with Crippen LogP contribution in [-0.4, -0.2) is 20.7 Å². The van der Waals surface area contributed by atoms with Gasteiger partial charge in [0, 0.05) is 10.0 Å². The Bertz CT molecular complexity index is 838. The first-order chi connectivity index (χ1) is 10.9. The van der Waals surface area contributed by atoms with Crippen LogP contribution in [0.15, 0.2) is 63.0 Å².